The van der Waals surface area contributed by atoms with E-state index in [1.807, 2.05) is 31.2 Å². The van der Waals surface area contributed by atoms with Gasteiger partial charge in [-0.3, -0.25) is 0 Å². The number of nitrogens with two attached hydrogens (primary N) is 1. The van der Waals surface area contributed by atoms with Gasteiger partial charge in [0.05, 0.1) is 11.2 Å². The minimum atomic E-state index is 0.813. The molecule has 0 aliphatic heterocycles. The van der Waals surface area contributed by atoms with E-state index in [4.69, 9.17) is 10.7 Å². The summed E-state index contributed by atoms with van der Waals surface area (Å²) in [4.78, 5) is 4.88. The number of benzene rings is 2. The molecule has 2 aromatic heterocycles. The van der Waals surface area contributed by atoms with E-state index in [2.05, 4.69) is 42.1 Å². The summed E-state index contributed by atoms with van der Waals surface area (Å²) in [5.74, 6) is 0. The first-order valence-corrected chi connectivity index (χ1v) is 7.36. The zero-order valence-corrected chi connectivity index (χ0v) is 12.7. The molecule has 22 heavy (non-hydrogen) atoms. The van der Waals surface area contributed by atoms with E-state index in [0.29, 0.717) is 0 Å². The van der Waals surface area contributed by atoms with Gasteiger partial charge in [-0.25, -0.2) is 4.98 Å². The Hall–Kier alpha value is -2.81. The van der Waals surface area contributed by atoms with Gasteiger partial charge in [-0.1, -0.05) is 30.3 Å². The highest BCUT2D eigenvalue weighted by Gasteiger charge is 2.14. The van der Waals surface area contributed by atoms with Crippen molar-refractivity contribution in [2.75, 3.05) is 5.73 Å². The van der Waals surface area contributed by atoms with Gasteiger partial charge in [0.2, 0.25) is 0 Å². The monoisotopic (exact) mass is 287 g/mol. The van der Waals surface area contributed by atoms with Crippen molar-refractivity contribution < 1.29 is 0 Å². The lowest BCUT2D eigenvalue weighted by Gasteiger charge is -2.12. The number of aromatic nitrogens is 2. The zero-order chi connectivity index (χ0) is 15.3. The average Bonchev–Trinajstić information content (AvgIpc) is 2.93. The summed E-state index contributed by atoms with van der Waals surface area (Å²) < 4.78 is 2.12. The molecule has 0 atom stereocenters. The van der Waals surface area contributed by atoms with E-state index >= 15 is 0 Å². The molecule has 2 heterocycles. The van der Waals surface area contributed by atoms with Crippen molar-refractivity contribution in [3.05, 3.63) is 60.3 Å². The number of rotatable bonds is 1. The number of aryl methyl sites for hydroxylation is 1. The first-order valence-electron chi connectivity index (χ1n) is 7.36. The molecule has 0 fully saturated rings. The van der Waals surface area contributed by atoms with Crippen LogP contribution in [-0.2, 0) is 7.05 Å². The second-order valence-electron chi connectivity index (χ2n) is 5.68. The minimum absolute atomic E-state index is 0.813. The Labute approximate surface area is 129 Å². The Morgan fingerprint density at radius 3 is 2.64 bits per heavy atom. The first-order chi connectivity index (χ1) is 10.7. The summed E-state index contributed by atoms with van der Waals surface area (Å²) in [6.07, 6.45) is 2.08. The van der Waals surface area contributed by atoms with E-state index in [1.54, 1.807) is 0 Å². The van der Waals surface area contributed by atoms with Crippen LogP contribution in [-0.4, -0.2) is 9.55 Å². The van der Waals surface area contributed by atoms with Crippen LogP contribution in [0.25, 0.3) is 33.1 Å². The summed E-state index contributed by atoms with van der Waals surface area (Å²) in [6.45, 7) is 2.05. The topological polar surface area (TPSA) is 43.8 Å². The van der Waals surface area contributed by atoms with Crippen molar-refractivity contribution in [3.63, 3.8) is 0 Å². The number of hydrogen-bond acceptors (Lipinski definition) is 2. The Morgan fingerprint density at radius 1 is 0.955 bits per heavy atom. The van der Waals surface area contributed by atoms with Crippen LogP contribution < -0.4 is 5.73 Å². The summed E-state index contributed by atoms with van der Waals surface area (Å²) in [5.41, 5.74) is 12.4. The summed E-state index contributed by atoms with van der Waals surface area (Å²) in [7, 11) is 2.06. The van der Waals surface area contributed by atoms with Crippen LogP contribution in [0.15, 0.2) is 54.7 Å². The highest BCUT2D eigenvalue weighted by molar-refractivity contribution is 6.00. The maximum atomic E-state index is 6.36. The van der Waals surface area contributed by atoms with Crippen LogP contribution in [0.1, 0.15) is 5.56 Å². The molecular formula is C19H17N3. The third kappa shape index (κ3) is 1.72. The molecule has 4 aromatic rings. The van der Waals surface area contributed by atoms with Gasteiger partial charge in [0.25, 0.3) is 0 Å². The minimum Gasteiger partial charge on any atom is -0.398 e. The maximum absolute atomic E-state index is 6.36. The van der Waals surface area contributed by atoms with Crippen molar-refractivity contribution in [1.29, 1.82) is 0 Å². The largest absolute Gasteiger partial charge is 0.398 e. The molecule has 0 amide bonds. The molecule has 0 bridgehead atoms. The fraction of sp³-hybridized carbons (Fsp3) is 0.105. The molecule has 2 aromatic carbocycles. The van der Waals surface area contributed by atoms with E-state index in [0.717, 1.165) is 33.4 Å². The molecule has 108 valence electrons. The summed E-state index contributed by atoms with van der Waals surface area (Å²) in [5, 5.41) is 2.22. The van der Waals surface area contributed by atoms with Crippen molar-refractivity contribution in [3.8, 4) is 11.3 Å². The van der Waals surface area contributed by atoms with Crippen LogP contribution in [0.3, 0.4) is 0 Å². The summed E-state index contributed by atoms with van der Waals surface area (Å²) >= 11 is 0. The number of fused-ring (bicyclic) bond motifs is 2. The smallest absolute Gasteiger partial charge is 0.0766 e. The normalized spacial score (nSPS) is 11.4. The van der Waals surface area contributed by atoms with Crippen LogP contribution in [0, 0.1) is 6.92 Å². The van der Waals surface area contributed by atoms with Gasteiger partial charge < -0.3 is 10.3 Å². The molecule has 0 radical (unpaired) electrons. The maximum Gasteiger partial charge on any atom is 0.0766 e. The zero-order valence-electron chi connectivity index (χ0n) is 12.7. The SMILES string of the molecule is Cc1c(-c2cccc3c2ccn3C)nc2ccccc2c1N. The second-order valence-corrected chi connectivity index (χ2v) is 5.68. The Bertz CT molecular complexity index is 1010. The number of pyridine rings is 1. The average molecular weight is 287 g/mol. The first kappa shape index (κ1) is 12.9. The van der Waals surface area contributed by atoms with Crippen LogP contribution in [0.5, 0.6) is 0 Å². The third-order valence-corrected chi connectivity index (χ3v) is 4.37. The Morgan fingerprint density at radius 2 is 1.77 bits per heavy atom. The van der Waals surface area contributed by atoms with Gasteiger partial charge in [-0.15, -0.1) is 0 Å². The molecular weight excluding hydrogens is 270 g/mol. The molecule has 0 unspecified atom stereocenters. The van der Waals surface area contributed by atoms with Crippen molar-refractivity contribution in [1.82, 2.24) is 9.55 Å². The quantitative estimate of drug-likeness (QED) is 0.567. The third-order valence-electron chi connectivity index (χ3n) is 4.37. The molecule has 0 saturated carbocycles. The highest BCUT2D eigenvalue weighted by Crippen LogP contribution is 2.35. The molecule has 0 saturated heterocycles. The van der Waals surface area contributed by atoms with E-state index in [9.17, 15) is 0 Å². The fourth-order valence-electron chi connectivity index (χ4n) is 3.10. The second kappa shape index (κ2) is 4.60. The van der Waals surface area contributed by atoms with Gasteiger partial charge in [0.15, 0.2) is 0 Å². The van der Waals surface area contributed by atoms with E-state index in [-0.39, 0.29) is 0 Å². The molecule has 3 heteroatoms. The molecule has 4 rings (SSSR count). The number of para-hydroxylation sites is 1. The van der Waals surface area contributed by atoms with Crippen LogP contribution in [0.2, 0.25) is 0 Å². The number of hydrogen-bond donors (Lipinski definition) is 1. The lowest BCUT2D eigenvalue weighted by Crippen LogP contribution is -1.98. The number of anilines is 1. The predicted octanol–water partition coefficient (Wildman–Crippen LogP) is 4.28. The van der Waals surface area contributed by atoms with E-state index in [1.165, 1.54) is 10.9 Å². The lowest BCUT2D eigenvalue weighted by atomic mass is 9.99. The molecule has 3 nitrogen and oxygen atoms in total. The van der Waals surface area contributed by atoms with Gasteiger partial charge in [-0.05, 0) is 30.7 Å². The van der Waals surface area contributed by atoms with Gasteiger partial charge >= 0.3 is 0 Å². The van der Waals surface area contributed by atoms with Gasteiger partial charge in [0.1, 0.15) is 0 Å². The van der Waals surface area contributed by atoms with E-state index < -0.39 is 0 Å². The predicted molar refractivity (Wildman–Crippen MR) is 92.8 cm³/mol. The standard InChI is InChI=1S/C19H17N3/c1-12-18(20)15-6-3-4-8-16(15)21-19(12)14-7-5-9-17-13(14)10-11-22(17)2/h3-11H,1-2H3,(H2,20,21). The van der Waals surface area contributed by atoms with Crippen molar-refractivity contribution >= 4 is 27.5 Å². The number of nitrogen functional groups attached to an aromatic ring is 1. The van der Waals surface area contributed by atoms with Crippen molar-refractivity contribution in [2.45, 2.75) is 6.92 Å². The summed E-state index contributed by atoms with van der Waals surface area (Å²) in [6, 6.07) is 16.5. The number of nitrogens with zero attached hydrogens (tertiary/aromatic N) is 2. The van der Waals surface area contributed by atoms with Crippen molar-refractivity contribution in [2.24, 2.45) is 7.05 Å². The molecule has 0 spiro atoms. The lowest BCUT2D eigenvalue weighted by molar-refractivity contribution is 0.969. The molecule has 0 aliphatic rings. The van der Waals surface area contributed by atoms with Crippen LogP contribution >= 0.6 is 0 Å². The van der Waals surface area contributed by atoms with Gasteiger partial charge in [-0.2, -0.15) is 0 Å². The Balaban J connectivity index is 2.10. The Kier molecular flexibility index (Phi) is 2.70. The van der Waals surface area contributed by atoms with Gasteiger partial charge in [0, 0.05) is 40.8 Å². The molecule has 2 N–H and O–H groups in total. The fourth-order valence-corrected chi connectivity index (χ4v) is 3.10. The highest BCUT2D eigenvalue weighted by atomic mass is 14.9. The molecule has 0 aliphatic carbocycles. The van der Waals surface area contributed by atoms with Crippen LogP contribution in [0.4, 0.5) is 5.69 Å².